The highest BCUT2D eigenvalue weighted by Crippen LogP contribution is 2.11. The van der Waals surface area contributed by atoms with Gasteiger partial charge in [0.05, 0.1) is 0 Å². The fourth-order valence-corrected chi connectivity index (χ4v) is 1.35. The van der Waals surface area contributed by atoms with Crippen LogP contribution in [0.1, 0.15) is 50.6 Å². The molecule has 0 radical (unpaired) electrons. The van der Waals surface area contributed by atoms with Crippen molar-refractivity contribution in [3.8, 4) is 0 Å². The smallest absolute Gasteiger partial charge is 0.329 e. The van der Waals surface area contributed by atoms with Crippen molar-refractivity contribution in [2.75, 3.05) is 0 Å². The van der Waals surface area contributed by atoms with Crippen LogP contribution in [-0.4, -0.2) is 32.3 Å². The first-order valence-electron chi connectivity index (χ1n) is 5.91. The van der Waals surface area contributed by atoms with Crippen molar-refractivity contribution in [2.45, 2.75) is 45.7 Å². The molecule has 0 spiro atoms. The van der Waals surface area contributed by atoms with Crippen molar-refractivity contribution in [1.82, 2.24) is 15.1 Å². The van der Waals surface area contributed by atoms with Crippen LogP contribution in [0.5, 0.6) is 0 Å². The van der Waals surface area contributed by atoms with E-state index < -0.39 is 17.4 Å². The third-order valence-electron chi connectivity index (χ3n) is 2.94. The van der Waals surface area contributed by atoms with Crippen LogP contribution < -0.4 is 5.32 Å². The lowest BCUT2D eigenvalue weighted by Gasteiger charge is -2.23. The number of aromatic nitrogens is 2. The maximum absolute atomic E-state index is 11.9. The van der Waals surface area contributed by atoms with Crippen LogP contribution in [0, 0.1) is 0 Å². The summed E-state index contributed by atoms with van der Waals surface area (Å²) in [6, 6.07) is 1.73. The average Bonchev–Trinajstić information content (AvgIpc) is 2.77. The topological polar surface area (TPSA) is 84.2 Å². The number of hydrogen-bond donors (Lipinski definition) is 2. The standard InChI is InChI=1S/C12H19N3O3/c1-5-12(4,11(17)18)13-10(16)9-6-7-15(14-9)8(2)3/h6-8H,5H2,1-4H3,(H,13,16)(H,17,18). The number of carbonyl (C=O) groups excluding carboxylic acids is 1. The van der Waals surface area contributed by atoms with Crippen LogP contribution >= 0.6 is 0 Å². The molecule has 1 amide bonds. The molecule has 1 unspecified atom stereocenters. The minimum absolute atomic E-state index is 0.156. The van der Waals surface area contributed by atoms with Crippen molar-refractivity contribution in [3.05, 3.63) is 18.0 Å². The zero-order valence-corrected chi connectivity index (χ0v) is 11.1. The Labute approximate surface area is 106 Å². The summed E-state index contributed by atoms with van der Waals surface area (Å²) in [6.07, 6.45) is 2.00. The van der Waals surface area contributed by atoms with E-state index in [0.29, 0.717) is 6.42 Å². The molecule has 0 aliphatic rings. The minimum atomic E-state index is -1.27. The molecule has 6 nitrogen and oxygen atoms in total. The molecular formula is C12H19N3O3. The molecule has 1 aromatic rings. The molecule has 2 N–H and O–H groups in total. The van der Waals surface area contributed by atoms with Gasteiger partial charge in [-0.05, 0) is 33.3 Å². The van der Waals surface area contributed by atoms with Gasteiger partial charge in [0.15, 0.2) is 0 Å². The fraction of sp³-hybridized carbons (Fsp3) is 0.583. The van der Waals surface area contributed by atoms with Gasteiger partial charge in [-0.15, -0.1) is 0 Å². The van der Waals surface area contributed by atoms with Gasteiger partial charge in [-0.1, -0.05) is 6.92 Å². The van der Waals surface area contributed by atoms with Gasteiger partial charge >= 0.3 is 5.97 Å². The van der Waals surface area contributed by atoms with E-state index >= 15 is 0 Å². The number of carboxylic acids is 1. The quantitative estimate of drug-likeness (QED) is 0.831. The van der Waals surface area contributed by atoms with Crippen LogP contribution in [0.4, 0.5) is 0 Å². The van der Waals surface area contributed by atoms with Gasteiger partial charge < -0.3 is 10.4 Å². The van der Waals surface area contributed by atoms with Gasteiger partial charge in [-0.25, -0.2) is 4.79 Å². The van der Waals surface area contributed by atoms with E-state index in [4.69, 9.17) is 5.11 Å². The zero-order valence-electron chi connectivity index (χ0n) is 11.1. The molecule has 0 aromatic carbocycles. The van der Waals surface area contributed by atoms with E-state index in [1.165, 1.54) is 6.92 Å². The highest BCUT2D eigenvalue weighted by Gasteiger charge is 2.33. The first kappa shape index (κ1) is 14.2. The summed E-state index contributed by atoms with van der Waals surface area (Å²) in [5, 5.41) is 15.7. The van der Waals surface area contributed by atoms with E-state index in [2.05, 4.69) is 10.4 Å². The van der Waals surface area contributed by atoms with Crippen LogP contribution in [0.25, 0.3) is 0 Å². The molecule has 1 aromatic heterocycles. The normalized spacial score (nSPS) is 14.3. The van der Waals surface area contributed by atoms with Crippen molar-refractivity contribution in [1.29, 1.82) is 0 Å². The molecule has 1 rings (SSSR count). The summed E-state index contributed by atoms with van der Waals surface area (Å²) in [4.78, 5) is 23.0. The average molecular weight is 253 g/mol. The molecule has 18 heavy (non-hydrogen) atoms. The maximum atomic E-state index is 11.9. The van der Waals surface area contributed by atoms with Gasteiger partial charge in [0, 0.05) is 12.2 Å². The van der Waals surface area contributed by atoms with Crippen molar-refractivity contribution >= 4 is 11.9 Å². The van der Waals surface area contributed by atoms with Crippen LogP contribution in [0.3, 0.4) is 0 Å². The Morgan fingerprint density at radius 3 is 2.56 bits per heavy atom. The van der Waals surface area contributed by atoms with Gasteiger partial charge in [0.2, 0.25) is 0 Å². The number of hydrogen-bond acceptors (Lipinski definition) is 3. The third kappa shape index (κ3) is 2.88. The number of nitrogens with zero attached hydrogens (tertiary/aromatic N) is 2. The molecule has 100 valence electrons. The lowest BCUT2D eigenvalue weighted by atomic mass is 9.99. The SMILES string of the molecule is CCC(C)(NC(=O)c1ccn(C(C)C)n1)C(=O)O. The van der Waals surface area contributed by atoms with Crippen LogP contribution in [0.2, 0.25) is 0 Å². The third-order valence-corrected chi connectivity index (χ3v) is 2.94. The first-order valence-corrected chi connectivity index (χ1v) is 5.91. The second-order valence-corrected chi connectivity index (χ2v) is 4.72. The van der Waals surface area contributed by atoms with E-state index in [9.17, 15) is 9.59 Å². The Bertz CT molecular complexity index is 453. The molecule has 0 saturated heterocycles. The van der Waals surface area contributed by atoms with Gasteiger partial charge in [0.25, 0.3) is 5.91 Å². The molecule has 1 heterocycles. The minimum Gasteiger partial charge on any atom is -0.480 e. The van der Waals surface area contributed by atoms with E-state index in [0.717, 1.165) is 0 Å². The highest BCUT2D eigenvalue weighted by molar-refractivity contribution is 5.96. The number of carbonyl (C=O) groups is 2. The predicted octanol–water partition coefficient (Wildman–Crippen LogP) is 1.45. The Morgan fingerprint density at radius 1 is 1.56 bits per heavy atom. The molecule has 0 fully saturated rings. The number of rotatable bonds is 5. The Hall–Kier alpha value is -1.85. The molecule has 1 atom stereocenters. The number of aliphatic carboxylic acids is 1. The zero-order chi connectivity index (χ0) is 13.9. The summed E-state index contributed by atoms with van der Waals surface area (Å²) in [7, 11) is 0. The molecular weight excluding hydrogens is 234 g/mol. The number of carboxylic acid groups (broad SMARTS) is 1. The van der Waals surface area contributed by atoms with Crippen LogP contribution in [-0.2, 0) is 4.79 Å². The lowest BCUT2D eigenvalue weighted by molar-refractivity contribution is -0.143. The molecule has 6 heteroatoms. The summed E-state index contributed by atoms with van der Waals surface area (Å²) < 4.78 is 1.65. The Balaban J connectivity index is 2.84. The van der Waals surface area contributed by atoms with E-state index in [1.54, 1.807) is 23.9 Å². The van der Waals surface area contributed by atoms with Crippen molar-refractivity contribution in [2.24, 2.45) is 0 Å². The highest BCUT2D eigenvalue weighted by atomic mass is 16.4. The molecule has 0 bridgehead atoms. The molecule has 0 saturated carbocycles. The Morgan fingerprint density at radius 2 is 2.17 bits per heavy atom. The summed E-state index contributed by atoms with van der Waals surface area (Å²) >= 11 is 0. The number of amides is 1. The van der Waals surface area contributed by atoms with Gasteiger partial charge in [-0.3, -0.25) is 9.48 Å². The van der Waals surface area contributed by atoms with Gasteiger partial charge in [-0.2, -0.15) is 5.10 Å². The number of nitrogens with one attached hydrogen (secondary N) is 1. The molecule has 0 aliphatic heterocycles. The summed E-state index contributed by atoms with van der Waals surface area (Å²) in [5.41, 5.74) is -1.04. The monoisotopic (exact) mass is 253 g/mol. The summed E-state index contributed by atoms with van der Waals surface area (Å²) in [6.45, 7) is 7.08. The predicted molar refractivity (Wildman–Crippen MR) is 66.4 cm³/mol. The van der Waals surface area contributed by atoms with E-state index in [1.807, 2.05) is 13.8 Å². The van der Waals surface area contributed by atoms with Crippen molar-refractivity contribution < 1.29 is 14.7 Å². The maximum Gasteiger partial charge on any atom is 0.329 e. The second-order valence-electron chi connectivity index (χ2n) is 4.72. The fourth-order valence-electron chi connectivity index (χ4n) is 1.35. The lowest BCUT2D eigenvalue weighted by Crippen LogP contribution is -2.51. The summed E-state index contributed by atoms with van der Waals surface area (Å²) in [5.74, 6) is -1.53. The first-order chi connectivity index (χ1) is 8.30. The van der Waals surface area contributed by atoms with E-state index in [-0.39, 0.29) is 11.7 Å². The van der Waals surface area contributed by atoms with Crippen molar-refractivity contribution in [3.63, 3.8) is 0 Å². The molecule has 0 aliphatic carbocycles. The Kier molecular flexibility index (Phi) is 4.11. The largest absolute Gasteiger partial charge is 0.480 e. The van der Waals surface area contributed by atoms with Crippen LogP contribution in [0.15, 0.2) is 12.3 Å². The van der Waals surface area contributed by atoms with Gasteiger partial charge in [0.1, 0.15) is 11.2 Å². The second kappa shape index (κ2) is 5.20.